The molecule has 1 saturated carbocycles. The minimum atomic E-state index is -1.03. The van der Waals surface area contributed by atoms with E-state index < -0.39 is 12.1 Å². The maximum Gasteiger partial charge on any atom is 0.311 e. The second-order valence-corrected chi connectivity index (χ2v) is 8.22. The summed E-state index contributed by atoms with van der Waals surface area (Å²) in [5.41, 5.74) is 0.231. The number of esters is 1. The molecule has 0 aliphatic heterocycles. The highest BCUT2D eigenvalue weighted by molar-refractivity contribution is 6.55. The lowest BCUT2D eigenvalue weighted by atomic mass is 10.1. The van der Waals surface area contributed by atoms with Crippen LogP contribution in [-0.2, 0) is 9.53 Å². The number of benzene rings is 2. The van der Waals surface area contributed by atoms with Gasteiger partial charge in [0.15, 0.2) is 0 Å². The van der Waals surface area contributed by atoms with E-state index in [1.807, 2.05) is 50.2 Å². The third kappa shape index (κ3) is 4.49. The molecule has 1 aliphatic rings. The maximum atomic E-state index is 12.6. The molecule has 0 bridgehead atoms. The highest BCUT2D eigenvalue weighted by Crippen LogP contribution is 2.60. The monoisotopic (exact) mass is 415 g/mol. The number of carbonyl (C=O) groups is 1. The average molecular weight is 416 g/mol. The average Bonchev–Trinajstić information content (AvgIpc) is 3.20. The highest BCUT2D eigenvalue weighted by Gasteiger charge is 2.62. The number of hydrogen-bond donors (Lipinski definition) is 0. The Morgan fingerprint density at radius 3 is 2.46 bits per heavy atom. The fourth-order valence-electron chi connectivity index (χ4n) is 3.30. The van der Waals surface area contributed by atoms with Gasteiger partial charge in [-0.25, -0.2) is 0 Å². The van der Waals surface area contributed by atoms with E-state index in [4.69, 9.17) is 32.7 Å². The molecule has 0 aromatic heterocycles. The second-order valence-electron chi connectivity index (χ2n) is 7.21. The van der Waals surface area contributed by atoms with E-state index in [9.17, 15) is 10.1 Å². The highest BCUT2D eigenvalue weighted by atomic mass is 35.5. The number of ether oxygens (including phenoxy) is 2. The van der Waals surface area contributed by atoms with Crippen LogP contribution in [0.4, 0.5) is 0 Å². The maximum absolute atomic E-state index is 12.6. The Hall–Kier alpha value is -2.48. The Bertz CT molecular complexity index is 930. The van der Waals surface area contributed by atoms with Crippen LogP contribution in [0.5, 0.6) is 11.5 Å². The number of rotatable bonds is 6. The third-order valence-corrected chi connectivity index (χ3v) is 5.21. The SMILES string of the molecule is CC1(C)[C@H](C=C(Cl)Cl)[C@H]1C(=O)O[C@H](C#N)c1cccc(Oc2ccccc2)c1. The van der Waals surface area contributed by atoms with Gasteiger partial charge >= 0.3 is 5.97 Å². The van der Waals surface area contributed by atoms with Crippen LogP contribution in [0, 0.1) is 28.6 Å². The Morgan fingerprint density at radius 2 is 1.82 bits per heavy atom. The summed E-state index contributed by atoms with van der Waals surface area (Å²) in [5.74, 6) is 0.289. The standard InChI is InChI=1S/C22H19Cl2NO3/c1-22(2)17(12-19(23)24)20(22)21(26)28-18(13-25)14-7-6-10-16(11-14)27-15-8-4-3-5-9-15/h3-12,17-18,20H,1-2H3/t17-,18-,20+/m1/s1. The summed E-state index contributed by atoms with van der Waals surface area (Å²) in [4.78, 5) is 12.6. The molecule has 0 saturated heterocycles. The fraction of sp³-hybridized carbons (Fsp3) is 0.273. The van der Waals surface area contributed by atoms with E-state index in [1.54, 1.807) is 30.3 Å². The van der Waals surface area contributed by atoms with Crippen LogP contribution in [0.25, 0.3) is 0 Å². The normalized spacial score (nSPS) is 20.4. The minimum Gasteiger partial charge on any atom is -0.457 e. The molecule has 0 unspecified atom stereocenters. The van der Waals surface area contributed by atoms with Crippen molar-refractivity contribution in [1.82, 2.24) is 0 Å². The molecule has 3 rings (SSSR count). The van der Waals surface area contributed by atoms with Gasteiger partial charge < -0.3 is 9.47 Å². The van der Waals surface area contributed by atoms with E-state index in [-0.39, 0.29) is 21.7 Å². The Balaban J connectivity index is 1.72. The molecule has 6 heteroatoms. The summed E-state index contributed by atoms with van der Waals surface area (Å²) >= 11 is 11.5. The first kappa shape index (κ1) is 20.3. The molecular formula is C22H19Cl2NO3. The Labute approximate surface area is 174 Å². The zero-order valence-corrected chi connectivity index (χ0v) is 16.9. The summed E-state index contributed by atoms with van der Waals surface area (Å²) in [6.07, 6.45) is 0.615. The quantitative estimate of drug-likeness (QED) is 0.528. The summed E-state index contributed by atoms with van der Waals surface area (Å²) in [5, 5.41) is 9.53. The van der Waals surface area contributed by atoms with Gasteiger partial charge in [0.05, 0.1) is 5.92 Å². The van der Waals surface area contributed by atoms with Crippen molar-refractivity contribution in [3.8, 4) is 17.6 Å². The van der Waals surface area contributed by atoms with Gasteiger partial charge in [-0.1, -0.05) is 67.4 Å². The van der Waals surface area contributed by atoms with Crippen LogP contribution < -0.4 is 4.74 Å². The van der Waals surface area contributed by atoms with Crippen molar-refractivity contribution in [2.24, 2.45) is 17.3 Å². The molecule has 0 heterocycles. The summed E-state index contributed by atoms with van der Waals surface area (Å²) < 4.78 is 11.4. The molecule has 0 radical (unpaired) electrons. The van der Waals surface area contributed by atoms with E-state index in [2.05, 4.69) is 0 Å². The van der Waals surface area contributed by atoms with Crippen LogP contribution in [-0.4, -0.2) is 5.97 Å². The zero-order chi connectivity index (χ0) is 20.3. The number of halogens is 2. The first-order valence-corrected chi connectivity index (χ1v) is 9.54. The van der Waals surface area contributed by atoms with Crippen LogP contribution in [0.2, 0.25) is 0 Å². The molecule has 144 valence electrons. The molecule has 0 amide bonds. The second kappa shape index (κ2) is 8.26. The van der Waals surface area contributed by atoms with Crippen molar-refractivity contribution in [3.63, 3.8) is 0 Å². The van der Waals surface area contributed by atoms with Crippen molar-refractivity contribution in [2.75, 3.05) is 0 Å². The van der Waals surface area contributed by atoms with Crippen molar-refractivity contribution in [2.45, 2.75) is 20.0 Å². The van der Waals surface area contributed by atoms with Crippen LogP contribution in [0.1, 0.15) is 25.5 Å². The zero-order valence-electron chi connectivity index (χ0n) is 15.4. The van der Waals surface area contributed by atoms with E-state index in [0.29, 0.717) is 17.1 Å². The number of allylic oxidation sites excluding steroid dienone is 1. The number of nitriles is 1. The fourth-order valence-corrected chi connectivity index (χ4v) is 3.57. The minimum absolute atomic E-state index is 0.114. The summed E-state index contributed by atoms with van der Waals surface area (Å²) in [6.45, 7) is 3.87. The lowest BCUT2D eigenvalue weighted by Gasteiger charge is -2.13. The van der Waals surface area contributed by atoms with Gasteiger partial charge in [0.1, 0.15) is 22.1 Å². The smallest absolute Gasteiger partial charge is 0.311 e. The van der Waals surface area contributed by atoms with Crippen molar-refractivity contribution in [3.05, 3.63) is 70.7 Å². The molecule has 2 aromatic rings. The molecule has 3 atom stereocenters. The molecule has 2 aromatic carbocycles. The van der Waals surface area contributed by atoms with Gasteiger partial charge in [-0.05, 0) is 41.7 Å². The third-order valence-electron chi connectivity index (χ3n) is 4.96. The lowest BCUT2D eigenvalue weighted by Crippen LogP contribution is -2.14. The van der Waals surface area contributed by atoms with Crippen LogP contribution >= 0.6 is 23.2 Å². The number of carbonyl (C=O) groups excluding carboxylic acids is 1. The number of para-hydroxylation sites is 1. The van der Waals surface area contributed by atoms with Crippen LogP contribution in [0.3, 0.4) is 0 Å². The van der Waals surface area contributed by atoms with Crippen LogP contribution in [0.15, 0.2) is 65.2 Å². The van der Waals surface area contributed by atoms with Crippen molar-refractivity contribution in [1.29, 1.82) is 5.26 Å². The first-order chi connectivity index (χ1) is 13.3. The Kier molecular flexibility index (Phi) is 5.98. The van der Waals surface area contributed by atoms with E-state index in [0.717, 1.165) is 0 Å². The number of nitrogens with zero attached hydrogens (tertiary/aromatic N) is 1. The summed E-state index contributed by atoms with van der Waals surface area (Å²) in [6, 6.07) is 18.3. The van der Waals surface area contributed by atoms with Gasteiger partial charge in [0, 0.05) is 5.56 Å². The Morgan fingerprint density at radius 1 is 1.14 bits per heavy atom. The van der Waals surface area contributed by atoms with Gasteiger partial charge in [0.25, 0.3) is 0 Å². The largest absolute Gasteiger partial charge is 0.457 e. The van der Waals surface area contributed by atoms with Gasteiger partial charge in [-0.3, -0.25) is 4.79 Å². The molecular weight excluding hydrogens is 397 g/mol. The molecule has 4 nitrogen and oxygen atoms in total. The molecule has 1 fully saturated rings. The lowest BCUT2D eigenvalue weighted by molar-refractivity contribution is -0.149. The molecule has 28 heavy (non-hydrogen) atoms. The predicted molar refractivity (Wildman–Crippen MR) is 108 cm³/mol. The van der Waals surface area contributed by atoms with Crippen molar-refractivity contribution < 1.29 is 14.3 Å². The predicted octanol–water partition coefficient (Wildman–Crippen LogP) is 6.18. The van der Waals surface area contributed by atoms with E-state index >= 15 is 0 Å². The number of hydrogen-bond acceptors (Lipinski definition) is 4. The molecule has 0 spiro atoms. The first-order valence-electron chi connectivity index (χ1n) is 8.78. The topological polar surface area (TPSA) is 59.3 Å². The van der Waals surface area contributed by atoms with Gasteiger partial charge in [-0.2, -0.15) is 5.26 Å². The van der Waals surface area contributed by atoms with Gasteiger partial charge in [0.2, 0.25) is 6.10 Å². The molecule has 0 N–H and O–H groups in total. The van der Waals surface area contributed by atoms with Crippen molar-refractivity contribution >= 4 is 29.2 Å². The van der Waals surface area contributed by atoms with E-state index in [1.165, 1.54) is 0 Å². The summed E-state index contributed by atoms with van der Waals surface area (Å²) in [7, 11) is 0. The molecule has 1 aliphatic carbocycles. The van der Waals surface area contributed by atoms with Gasteiger partial charge in [-0.15, -0.1) is 0 Å².